The van der Waals surface area contributed by atoms with E-state index in [1.54, 1.807) is 44.6 Å². The lowest BCUT2D eigenvalue weighted by Crippen LogP contribution is -2.31. The van der Waals surface area contributed by atoms with Crippen LogP contribution < -0.4 is 10.4 Å². The van der Waals surface area contributed by atoms with E-state index in [-0.39, 0.29) is 17.6 Å². The molecule has 172 valence electrons. The number of carbonyl (C=O) groups is 1. The van der Waals surface area contributed by atoms with Crippen LogP contribution in [0, 0.1) is 6.92 Å². The third-order valence-electron chi connectivity index (χ3n) is 6.08. The number of amides is 1. The number of likely N-dealkylation sites (tertiary alicyclic amines) is 1. The van der Waals surface area contributed by atoms with E-state index in [2.05, 4.69) is 11.6 Å². The standard InChI is InChI=1S/C26H23ClN4O3/c1-3-25(32)29-12-10-19(16-29)31-22-9-11-28-15-23(22)30(26(31)33)18-7-8-24(21(27)14-18)34-20-6-4-5-17(2)13-20/h3-9,11,13-15,19H,1,10,12,16H2,2H3/t19-/m1/s1. The van der Waals surface area contributed by atoms with E-state index in [4.69, 9.17) is 16.3 Å². The average Bonchev–Trinajstić information content (AvgIpc) is 3.42. The summed E-state index contributed by atoms with van der Waals surface area (Å²) in [5.41, 5.74) is 2.92. The number of imidazole rings is 1. The summed E-state index contributed by atoms with van der Waals surface area (Å²) in [7, 11) is 0. The predicted molar refractivity (Wildman–Crippen MR) is 132 cm³/mol. The van der Waals surface area contributed by atoms with E-state index < -0.39 is 0 Å². The van der Waals surface area contributed by atoms with Gasteiger partial charge in [-0.3, -0.25) is 18.9 Å². The number of pyridine rings is 1. The second-order valence-electron chi connectivity index (χ2n) is 8.32. The van der Waals surface area contributed by atoms with Gasteiger partial charge in [0.25, 0.3) is 0 Å². The first-order valence-corrected chi connectivity index (χ1v) is 11.4. The molecule has 1 saturated heterocycles. The molecule has 1 aliphatic rings. The lowest BCUT2D eigenvalue weighted by atomic mass is 10.2. The molecule has 0 N–H and O–H groups in total. The number of ether oxygens (including phenoxy) is 1. The van der Waals surface area contributed by atoms with Gasteiger partial charge in [-0.25, -0.2) is 4.79 Å². The molecule has 5 rings (SSSR count). The number of aromatic nitrogens is 3. The van der Waals surface area contributed by atoms with Crippen molar-refractivity contribution in [3.05, 3.63) is 94.6 Å². The van der Waals surface area contributed by atoms with Crippen LogP contribution in [-0.4, -0.2) is 38.0 Å². The van der Waals surface area contributed by atoms with Crippen LogP contribution in [0.3, 0.4) is 0 Å². The van der Waals surface area contributed by atoms with Gasteiger partial charge in [-0.1, -0.05) is 30.3 Å². The maximum atomic E-state index is 13.6. The quantitative estimate of drug-likeness (QED) is 0.386. The summed E-state index contributed by atoms with van der Waals surface area (Å²) in [6.45, 7) is 6.59. The molecular formula is C26H23ClN4O3. The molecule has 3 heterocycles. The first kappa shape index (κ1) is 22.0. The summed E-state index contributed by atoms with van der Waals surface area (Å²) >= 11 is 6.56. The van der Waals surface area contributed by atoms with Gasteiger partial charge in [0.1, 0.15) is 11.5 Å². The van der Waals surface area contributed by atoms with E-state index in [0.29, 0.717) is 47.2 Å². The van der Waals surface area contributed by atoms with Gasteiger partial charge in [-0.2, -0.15) is 0 Å². The van der Waals surface area contributed by atoms with Gasteiger partial charge in [0.05, 0.1) is 34.0 Å². The number of aryl methyl sites for hydroxylation is 1. The summed E-state index contributed by atoms with van der Waals surface area (Å²) in [4.78, 5) is 31.7. The van der Waals surface area contributed by atoms with Crippen molar-refractivity contribution in [2.45, 2.75) is 19.4 Å². The van der Waals surface area contributed by atoms with Crippen molar-refractivity contribution in [1.82, 2.24) is 19.0 Å². The zero-order valence-electron chi connectivity index (χ0n) is 18.6. The van der Waals surface area contributed by atoms with Gasteiger partial charge in [-0.15, -0.1) is 0 Å². The predicted octanol–water partition coefficient (Wildman–Crippen LogP) is 4.90. The molecule has 2 aromatic heterocycles. The summed E-state index contributed by atoms with van der Waals surface area (Å²) in [5, 5.41) is 0.388. The van der Waals surface area contributed by atoms with E-state index in [9.17, 15) is 9.59 Å². The van der Waals surface area contributed by atoms with Crippen molar-refractivity contribution in [2.75, 3.05) is 13.1 Å². The van der Waals surface area contributed by atoms with Gasteiger partial charge in [0.15, 0.2) is 0 Å². The lowest BCUT2D eigenvalue weighted by molar-refractivity contribution is -0.125. The van der Waals surface area contributed by atoms with Crippen molar-refractivity contribution < 1.29 is 9.53 Å². The Bertz CT molecular complexity index is 1470. The molecule has 1 fully saturated rings. The van der Waals surface area contributed by atoms with E-state index >= 15 is 0 Å². The van der Waals surface area contributed by atoms with Crippen molar-refractivity contribution >= 4 is 28.5 Å². The fourth-order valence-electron chi connectivity index (χ4n) is 4.47. The highest BCUT2D eigenvalue weighted by Gasteiger charge is 2.30. The maximum absolute atomic E-state index is 13.6. The summed E-state index contributed by atoms with van der Waals surface area (Å²) in [5.74, 6) is 1.06. The molecule has 7 nitrogen and oxygen atoms in total. The second-order valence-corrected chi connectivity index (χ2v) is 8.72. The number of nitrogens with zero attached hydrogens (tertiary/aromatic N) is 4. The van der Waals surface area contributed by atoms with Gasteiger partial charge >= 0.3 is 5.69 Å². The van der Waals surface area contributed by atoms with Crippen LogP contribution in [0.1, 0.15) is 18.0 Å². The topological polar surface area (TPSA) is 69.4 Å². The van der Waals surface area contributed by atoms with Crippen LogP contribution in [0.5, 0.6) is 11.5 Å². The van der Waals surface area contributed by atoms with Crippen LogP contribution in [0.4, 0.5) is 0 Å². The number of fused-ring (bicyclic) bond motifs is 1. The maximum Gasteiger partial charge on any atom is 0.334 e. The number of benzene rings is 2. The first-order chi connectivity index (χ1) is 16.5. The minimum Gasteiger partial charge on any atom is -0.456 e. The fourth-order valence-corrected chi connectivity index (χ4v) is 4.68. The highest BCUT2D eigenvalue weighted by atomic mass is 35.5. The Labute approximate surface area is 201 Å². The van der Waals surface area contributed by atoms with Gasteiger partial charge in [-0.05, 0) is 61.4 Å². The smallest absolute Gasteiger partial charge is 0.334 e. The Hall–Kier alpha value is -3.84. The molecular weight excluding hydrogens is 452 g/mol. The molecule has 2 aromatic carbocycles. The van der Waals surface area contributed by atoms with Crippen molar-refractivity contribution in [3.63, 3.8) is 0 Å². The van der Waals surface area contributed by atoms with Gasteiger partial charge in [0, 0.05) is 19.3 Å². The molecule has 1 atom stereocenters. The summed E-state index contributed by atoms with van der Waals surface area (Å²) < 4.78 is 9.30. The van der Waals surface area contributed by atoms with Crippen LogP contribution in [0.15, 0.2) is 78.4 Å². The van der Waals surface area contributed by atoms with Gasteiger partial charge in [0.2, 0.25) is 5.91 Å². The second kappa shape index (κ2) is 8.83. The monoisotopic (exact) mass is 474 g/mol. The Morgan fingerprint density at radius 2 is 2.06 bits per heavy atom. The Balaban J connectivity index is 1.54. The van der Waals surface area contributed by atoms with Crippen LogP contribution in [0.25, 0.3) is 16.7 Å². The Kier molecular flexibility index (Phi) is 5.71. The minimum atomic E-state index is -0.204. The normalized spacial score (nSPS) is 15.6. The minimum absolute atomic E-state index is 0.128. The molecule has 0 bridgehead atoms. The number of carbonyl (C=O) groups excluding carboxylic acids is 1. The zero-order chi connectivity index (χ0) is 23.8. The third kappa shape index (κ3) is 3.88. The average molecular weight is 475 g/mol. The van der Waals surface area contributed by atoms with Crippen molar-refractivity contribution in [2.24, 2.45) is 0 Å². The molecule has 4 aromatic rings. The Morgan fingerprint density at radius 1 is 1.21 bits per heavy atom. The van der Waals surface area contributed by atoms with E-state index in [1.165, 1.54) is 6.08 Å². The number of halogens is 1. The van der Waals surface area contributed by atoms with Crippen LogP contribution >= 0.6 is 11.6 Å². The molecule has 0 aliphatic carbocycles. The van der Waals surface area contributed by atoms with Gasteiger partial charge < -0.3 is 9.64 Å². The van der Waals surface area contributed by atoms with Crippen molar-refractivity contribution in [1.29, 1.82) is 0 Å². The summed E-state index contributed by atoms with van der Waals surface area (Å²) in [6, 6.07) is 14.7. The molecule has 0 saturated carbocycles. The highest BCUT2D eigenvalue weighted by Crippen LogP contribution is 2.33. The van der Waals surface area contributed by atoms with Crippen molar-refractivity contribution in [3.8, 4) is 17.2 Å². The number of rotatable bonds is 5. The number of hydrogen-bond acceptors (Lipinski definition) is 4. The van der Waals surface area contributed by atoms with Crippen LogP contribution in [-0.2, 0) is 4.79 Å². The molecule has 34 heavy (non-hydrogen) atoms. The molecule has 0 spiro atoms. The fraction of sp³-hybridized carbons (Fsp3) is 0.192. The largest absolute Gasteiger partial charge is 0.456 e. The van der Waals surface area contributed by atoms with E-state index in [1.807, 2.05) is 37.3 Å². The summed E-state index contributed by atoms with van der Waals surface area (Å²) in [6.07, 6.45) is 5.32. The van der Waals surface area contributed by atoms with E-state index in [0.717, 1.165) is 11.1 Å². The Morgan fingerprint density at radius 3 is 2.82 bits per heavy atom. The zero-order valence-corrected chi connectivity index (χ0v) is 19.4. The molecule has 0 radical (unpaired) electrons. The SMILES string of the molecule is C=CC(=O)N1CC[C@@H](n2c(=O)n(-c3ccc(Oc4cccc(C)c4)c(Cl)c3)c3cnccc32)C1. The third-order valence-corrected chi connectivity index (χ3v) is 6.38. The number of hydrogen-bond donors (Lipinski definition) is 0. The molecule has 1 amide bonds. The molecule has 0 unspecified atom stereocenters. The van der Waals surface area contributed by atoms with Crippen LogP contribution in [0.2, 0.25) is 5.02 Å². The molecule has 8 heteroatoms. The highest BCUT2D eigenvalue weighted by molar-refractivity contribution is 6.32. The lowest BCUT2D eigenvalue weighted by Gasteiger charge is -2.15. The first-order valence-electron chi connectivity index (χ1n) is 11.0. The molecule has 1 aliphatic heterocycles.